The number of rotatable bonds is 4. The van der Waals surface area contributed by atoms with Gasteiger partial charge in [-0.3, -0.25) is 0 Å². The molecule has 0 spiro atoms. The highest BCUT2D eigenvalue weighted by molar-refractivity contribution is 5.61. The quantitative estimate of drug-likeness (QED) is 0.374. The fourth-order valence-electron chi connectivity index (χ4n) is 0.934. The molecule has 0 saturated carbocycles. The summed E-state index contributed by atoms with van der Waals surface area (Å²) in [7, 11) is 0. The lowest BCUT2D eigenvalue weighted by Gasteiger charge is -2.26. The predicted octanol–water partition coefficient (Wildman–Crippen LogP) is 1.09. The average molecular weight is 185 g/mol. The maximum absolute atomic E-state index is 10.5. The molecule has 0 radical (unpaired) electrons. The van der Waals surface area contributed by atoms with Crippen molar-refractivity contribution >= 4 is 12.4 Å². The number of ether oxygens (including phenoxy) is 1. The third-order valence-electron chi connectivity index (χ3n) is 1.36. The number of nitrogens with zero attached hydrogens (tertiary/aromatic N) is 1. The van der Waals surface area contributed by atoms with Gasteiger partial charge in [0, 0.05) is 0 Å². The molecule has 0 N–H and O–H groups in total. The Morgan fingerprint density at radius 1 is 1.46 bits per heavy atom. The molecule has 2 unspecified atom stereocenters. The Kier molecular flexibility index (Phi) is 4.52. The van der Waals surface area contributed by atoms with Crippen LogP contribution in [0.3, 0.4) is 0 Å². The molecule has 0 aromatic rings. The molecule has 0 aliphatic rings. The molecule has 0 aliphatic heterocycles. The van der Waals surface area contributed by atoms with E-state index >= 15 is 0 Å². The molecular weight excluding hydrogens is 170 g/mol. The van der Waals surface area contributed by atoms with Crippen LogP contribution in [-0.2, 0) is 14.3 Å². The van der Waals surface area contributed by atoms with Gasteiger partial charge in [0.1, 0.15) is 12.3 Å². The lowest BCUT2D eigenvalue weighted by atomic mass is 10.1. The van der Waals surface area contributed by atoms with Gasteiger partial charge >= 0.3 is 0 Å². The summed E-state index contributed by atoms with van der Waals surface area (Å²) >= 11 is 0. The average Bonchev–Trinajstić information content (AvgIpc) is 1.96. The molecule has 0 aliphatic carbocycles. The van der Waals surface area contributed by atoms with Crippen molar-refractivity contribution in [1.82, 2.24) is 0 Å². The van der Waals surface area contributed by atoms with E-state index < -0.39 is 12.1 Å². The first-order valence-electron chi connectivity index (χ1n) is 4.11. The maximum Gasteiger partial charge on any atom is 0.235 e. The Labute approximate surface area is 78.0 Å². The zero-order valence-corrected chi connectivity index (χ0v) is 8.40. The summed E-state index contributed by atoms with van der Waals surface area (Å²) in [6.07, 6.45) is 1.53. The highest BCUT2D eigenvalue weighted by Crippen LogP contribution is 2.13. The topological polar surface area (TPSA) is 55.7 Å². The van der Waals surface area contributed by atoms with E-state index in [-0.39, 0.29) is 5.60 Å². The van der Waals surface area contributed by atoms with Gasteiger partial charge < -0.3 is 9.53 Å². The number of carbonyl (C=O) groups is 1. The van der Waals surface area contributed by atoms with Gasteiger partial charge in [0.15, 0.2) is 0 Å². The molecule has 0 heterocycles. The third-order valence-corrected chi connectivity index (χ3v) is 1.36. The van der Waals surface area contributed by atoms with Crippen LogP contribution in [0.1, 0.15) is 27.7 Å². The van der Waals surface area contributed by atoms with Gasteiger partial charge in [0.2, 0.25) is 6.08 Å². The van der Waals surface area contributed by atoms with Crippen LogP contribution in [-0.4, -0.2) is 30.1 Å². The number of isocyanates is 1. The zero-order chi connectivity index (χ0) is 10.5. The first-order valence-corrected chi connectivity index (χ1v) is 4.11. The Bertz CT molecular complexity index is 213. The Morgan fingerprint density at radius 3 is 2.31 bits per heavy atom. The third kappa shape index (κ3) is 5.28. The molecular formula is C9H15NO3. The summed E-state index contributed by atoms with van der Waals surface area (Å²) in [5.41, 5.74) is -0.348. The Hall–Kier alpha value is -0.990. The lowest BCUT2D eigenvalue weighted by molar-refractivity contribution is -0.115. The molecule has 0 fully saturated rings. The molecule has 74 valence electrons. The minimum absolute atomic E-state index is 0.348. The van der Waals surface area contributed by atoms with Crippen LogP contribution in [0.15, 0.2) is 4.99 Å². The van der Waals surface area contributed by atoms with E-state index in [0.29, 0.717) is 6.29 Å². The summed E-state index contributed by atoms with van der Waals surface area (Å²) in [4.78, 5) is 23.7. The van der Waals surface area contributed by atoms with Crippen LogP contribution >= 0.6 is 0 Å². The van der Waals surface area contributed by atoms with Gasteiger partial charge in [0.05, 0.1) is 11.7 Å². The van der Waals surface area contributed by atoms with E-state index in [1.54, 1.807) is 6.92 Å². The number of carbonyl (C=O) groups excluding carboxylic acids is 2. The minimum Gasteiger partial charge on any atom is -0.370 e. The first kappa shape index (κ1) is 12.0. The Morgan fingerprint density at radius 2 is 2.00 bits per heavy atom. The lowest BCUT2D eigenvalue weighted by Crippen LogP contribution is -2.33. The van der Waals surface area contributed by atoms with Gasteiger partial charge in [-0.25, -0.2) is 4.79 Å². The normalized spacial score (nSPS) is 15.7. The zero-order valence-electron chi connectivity index (χ0n) is 8.40. The van der Waals surface area contributed by atoms with E-state index in [4.69, 9.17) is 4.74 Å². The van der Waals surface area contributed by atoms with Crippen LogP contribution in [0.2, 0.25) is 0 Å². The smallest absolute Gasteiger partial charge is 0.235 e. The Balaban J connectivity index is 4.29. The molecule has 0 amide bonds. The van der Waals surface area contributed by atoms with E-state index in [9.17, 15) is 9.59 Å². The number of aldehydes is 1. The van der Waals surface area contributed by atoms with Crippen molar-refractivity contribution < 1.29 is 14.3 Å². The van der Waals surface area contributed by atoms with Crippen molar-refractivity contribution in [1.29, 1.82) is 0 Å². The van der Waals surface area contributed by atoms with E-state index in [1.807, 2.05) is 20.8 Å². The predicted molar refractivity (Wildman–Crippen MR) is 48.3 cm³/mol. The fourth-order valence-corrected chi connectivity index (χ4v) is 0.934. The molecule has 13 heavy (non-hydrogen) atoms. The van der Waals surface area contributed by atoms with Crippen LogP contribution in [0.5, 0.6) is 0 Å². The van der Waals surface area contributed by atoms with Crippen molar-refractivity contribution in [3.05, 3.63) is 0 Å². The summed E-state index contributed by atoms with van der Waals surface area (Å²) in [5.74, 6) is 0. The highest BCUT2D eigenvalue weighted by atomic mass is 16.5. The standard InChI is InChI=1S/C9H15NO3/c1-7(13-9(2,3)4)8(5-11)10-6-12/h5,7-8H,1-4H3. The minimum atomic E-state index is -0.753. The van der Waals surface area contributed by atoms with Crippen LogP contribution in [0.25, 0.3) is 0 Å². The second kappa shape index (κ2) is 4.90. The van der Waals surface area contributed by atoms with Crippen LogP contribution in [0, 0.1) is 0 Å². The number of hydrogen-bond donors (Lipinski definition) is 0. The molecule has 0 aromatic heterocycles. The van der Waals surface area contributed by atoms with Crippen molar-refractivity contribution in [3.63, 3.8) is 0 Å². The van der Waals surface area contributed by atoms with Gasteiger partial charge in [-0.05, 0) is 27.7 Å². The van der Waals surface area contributed by atoms with E-state index in [2.05, 4.69) is 4.99 Å². The van der Waals surface area contributed by atoms with Gasteiger partial charge in [-0.15, -0.1) is 0 Å². The highest BCUT2D eigenvalue weighted by Gasteiger charge is 2.22. The van der Waals surface area contributed by atoms with Crippen molar-refractivity contribution in [2.75, 3.05) is 0 Å². The number of hydrogen-bond acceptors (Lipinski definition) is 4. The monoisotopic (exact) mass is 185 g/mol. The van der Waals surface area contributed by atoms with Gasteiger partial charge in [0.25, 0.3) is 0 Å². The molecule has 0 saturated heterocycles. The second-order valence-electron chi connectivity index (χ2n) is 3.78. The second-order valence-corrected chi connectivity index (χ2v) is 3.78. The van der Waals surface area contributed by atoms with E-state index in [1.165, 1.54) is 6.08 Å². The fraction of sp³-hybridized carbons (Fsp3) is 0.778. The van der Waals surface area contributed by atoms with E-state index in [0.717, 1.165) is 0 Å². The molecule has 0 bridgehead atoms. The molecule has 4 nitrogen and oxygen atoms in total. The summed E-state index contributed by atoms with van der Waals surface area (Å²) in [6, 6.07) is -0.753. The van der Waals surface area contributed by atoms with Crippen LogP contribution in [0.4, 0.5) is 0 Å². The van der Waals surface area contributed by atoms with Crippen molar-refractivity contribution in [2.24, 2.45) is 4.99 Å². The van der Waals surface area contributed by atoms with Gasteiger partial charge in [-0.2, -0.15) is 4.99 Å². The maximum atomic E-state index is 10.5. The molecule has 0 rings (SSSR count). The van der Waals surface area contributed by atoms with Crippen molar-refractivity contribution in [2.45, 2.75) is 45.4 Å². The van der Waals surface area contributed by atoms with Crippen molar-refractivity contribution in [3.8, 4) is 0 Å². The first-order chi connectivity index (χ1) is 5.90. The summed E-state index contributed by atoms with van der Waals surface area (Å²) in [6.45, 7) is 7.31. The number of aliphatic imine (C=N–C) groups is 1. The molecule has 0 aromatic carbocycles. The SMILES string of the molecule is CC(OC(C)(C)C)C(C=O)N=C=O. The molecule has 4 heteroatoms. The molecule has 2 atom stereocenters. The summed E-state index contributed by atoms with van der Waals surface area (Å²) in [5, 5.41) is 0. The van der Waals surface area contributed by atoms with Crippen LogP contribution < -0.4 is 0 Å². The largest absolute Gasteiger partial charge is 0.370 e. The summed E-state index contributed by atoms with van der Waals surface area (Å²) < 4.78 is 5.44. The van der Waals surface area contributed by atoms with Gasteiger partial charge in [-0.1, -0.05) is 0 Å².